The van der Waals surface area contributed by atoms with E-state index in [9.17, 15) is 26.7 Å². The molecule has 2 heterocycles. The molecule has 3 rings (SSSR count). The van der Waals surface area contributed by atoms with Crippen molar-refractivity contribution < 1.29 is 26.7 Å². The summed E-state index contributed by atoms with van der Waals surface area (Å²) in [5.74, 6) is -5.41. The highest BCUT2D eigenvalue weighted by Crippen LogP contribution is 2.46. The van der Waals surface area contributed by atoms with E-state index in [0.29, 0.717) is 17.0 Å². The Labute approximate surface area is 172 Å². The van der Waals surface area contributed by atoms with Gasteiger partial charge in [-0.05, 0) is 35.7 Å². The smallest absolute Gasteiger partial charge is 0.294 e. The van der Waals surface area contributed by atoms with Crippen molar-refractivity contribution in [2.75, 3.05) is 18.5 Å². The number of anilines is 1. The molecule has 2 aromatic rings. The van der Waals surface area contributed by atoms with E-state index < -0.39 is 29.6 Å². The molecular formula is C18H15ClF5N3OS. The normalized spacial score (nSPS) is 17.0. The molecule has 1 amide bonds. The fourth-order valence-corrected chi connectivity index (χ4v) is 4.15. The zero-order chi connectivity index (χ0) is 21.6. The molecule has 0 saturated heterocycles. The second kappa shape index (κ2) is 7.73. The summed E-state index contributed by atoms with van der Waals surface area (Å²) in [5.41, 5.74) is -0.660. The molecule has 0 unspecified atom stereocenters. The molecule has 0 radical (unpaired) electrons. The molecule has 4 nitrogen and oxygen atoms in total. The van der Waals surface area contributed by atoms with Crippen molar-refractivity contribution in [1.82, 2.24) is 9.29 Å². The standard InChI is InChI=1S/C18H15ClF5N3OS/c1-3-27(14(18(22,23)24)10-4-6-11(19)7-5-10)29-12-8-13-15(25-9-12)26(2)16(28)17(13,20)21/h4-9,14H,3H2,1-2H3/t14-/m1/s1. The zero-order valence-corrected chi connectivity index (χ0v) is 16.7. The molecule has 0 bridgehead atoms. The van der Waals surface area contributed by atoms with Crippen LogP contribution in [-0.2, 0) is 10.7 Å². The highest BCUT2D eigenvalue weighted by molar-refractivity contribution is 7.97. The lowest BCUT2D eigenvalue weighted by molar-refractivity contribution is -0.172. The van der Waals surface area contributed by atoms with Gasteiger partial charge >= 0.3 is 18.0 Å². The fourth-order valence-electron chi connectivity index (χ4n) is 3.01. The van der Waals surface area contributed by atoms with Gasteiger partial charge in [0.1, 0.15) is 11.9 Å². The SMILES string of the molecule is CCN(Sc1cnc2c(c1)C(F)(F)C(=O)N2C)[C@H](c1ccc(Cl)cc1)C(F)(F)F. The van der Waals surface area contributed by atoms with Gasteiger partial charge in [0.15, 0.2) is 0 Å². The van der Waals surface area contributed by atoms with Crippen molar-refractivity contribution in [2.24, 2.45) is 0 Å². The number of benzene rings is 1. The van der Waals surface area contributed by atoms with Crippen LogP contribution in [0.1, 0.15) is 24.1 Å². The minimum absolute atomic E-state index is 0.0365. The molecule has 0 spiro atoms. The Balaban J connectivity index is 1.96. The van der Waals surface area contributed by atoms with Crippen LogP contribution < -0.4 is 4.90 Å². The van der Waals surface area contributed by atoms with Gasteiger partial charge in [0, 0.05) is 29.7 Å². The van der Waals surface area contributed by atoms with Crippen molar-refractivity contribution in [2.45, 2.75) is 30.0 Å². The average Bonchev–Trinajstić information content (AvgIpc) is 2.82. The van der Waals surface area contributed by atoms with Gasteiger partial charge in [0.2, 0.25) is 0 Å². The monoisotopic (exact) mass is 451 g/mol. The number of pyridine rings is 1. The number of amides is 1. The summed E-state index contributed by atoms with van der Waals surface area (Å²) in [4.78, 5) is 16.3. The zero-order valence-electron chi connectivity index (χ0n) is 15.2. The Bertz CT molecular complexity index is 923. The van der Waals surface area contributed by atoms with Crippen molar-refractivity contribution >= 4 is 35.3 Å². The van der Waals surface area contributed by atoms with Crippen molar-refractivity contribution in [3.63, 3.8) is 0 Å². The number of alkyl halides is 5. The molecule has 1 aromatic carbocycles. The van der Waals surface area contributed by atoms with Gasteiger partial charge in [-0.1, -0.05) is 30.7 Å². The second-order valence-corrected chi connectivity index (χ2v) is 7.86. The third-order valence-electron chi connectivity index (χ3n) is 4.39. The van der Waals surface area contributed by atoms with E-state index >= 15 is 0 Å². The van der Waals surface area contributed by atoms with E-state index in [1.165, 1.54) is 44.4 Å². The van der Waals surface area contributed by atoms with Crippen LogP contribution in [-0.4, -0.2) is 35.0 Å². The third-order valence-corrected chi connectivity index (χ3v) is 5.78. The largest absolute Gasteiger partial charge is 0.408 e. The second-order valence-electron chi connectivity index (χ2n) is 6.30. The molecule has 0 fully saturated rings. The van der Waals surface area contributed by atoms with Crippen LogP contribution in [0.25, 0.3) is 0 Å². The lowest BCUT2D eigenvalue weighted by Gasteiger charge is -2.31. The number of rotatable bonds is 5. The van der Waals surface area contributed by atoms with E-state index in [-0.39, 0.29) is 22.8 Å². The van der Waals surface area contributed by atoms with Gasteiger partial charge in [-0.3, -0.25) is 9.69 Å². The molecule has 156 valence electrons. The van der Waals surface area contributed by atoms with Crippen molar-refractivity contribution in [1.29, 1.82) is 0 Å². The highest BCUT2D eigenvalue weighted by Gasteiger charge is 2.53. The van der Waals surface area contributed by atoms with Gasteiger partial charge in [-0.2, -0.15) is 22.0 Å². The van der Waals surface area contributed by atoms with Crippen LogP contribution in [0.15, 0.2) is 41.4 Å². The van der Waals surface area contributed by atoms with Crippen LogP contribution in [0, 0.1) is 0 Å². The van der Waals surface area contributed by atoms with Gasteiger partial charge < -0.3 is 0 Å². The molecule has 0 N–H and O–H groups in total. The van der Waals surface area contributed by atoms with Crippen LogP contribution in [0.3, 0.4) is 0 Å². The molecule has 1 aromatic heterocycles. The van der Waals surface area contributed by atoms with Gasteiger partial charge in [0.25, 0.3) is 0 Å². The highest BCUT2D eigenvalue weighted by atomic mass is 35.5. The number of nitrogens with zero attached hydrogens (tertiary/aromatic N) is 3. The van der Waals surface area contributed by atoms with Gasteiger partial charge in [-0.25, -0.2) is 9.29 Å². The minimum atomic E-state index is -4.62. The number of hydrogen-bond donors (Lipinski definition) is 0. The summed E-state index contributed by atoms with van der Waals surface area (Å²) in [7, 11) is 1.17. The van der Waals surface area contributed by atoms with Crippen LogP contribution in [0.2, 0.25) is 5.02 Å². The summed E-state index contributed by atoms with van der Waals surface area (Å²) in [6.45, 7) is 1.48. The molecule has 1 atom stereocenters. The van der Waals surface area contributed by atoms with E-state index in [4.69, 9.17) is 11.6 Å². The van der Waals surface area contributed by atoms with E-state index in [1.54, 1.807) is 0 Å². The summed E-state index contributed by atoms with van der Waals surface area (Å²) in [6, 6.07) is 4.26. The fraction of sp³-hybridized carbons (Fsp3) is 0.333. The third kappa shape index (κ3) is 4.06. The summed E-state index contributed by atoms with van der Waals surface area (Å²) in [5, 5.41) is 0.296. The first kappa shape index (κ1) is 21.8. The van der Waals surface area contributed by atoms with E-state index in [1.807, 2.05) is 0 Å². The molecule has 0 aliphatic carbocycles. The number of halogens is 6. The summed E-state index contributed by atoms with van der Waals surface area (Å²) in [6.07, 6.45) is -3.45. The lowest BCUT2D eigenvalue weighted by atomic mass is 10.1. The molecule has 1 aliphatic rings. The molecule has 1 aliphatic heterocycles. The Morgan fingerprint density at radius 2 is 1.90 bits per heavy atom. The summed E-state index contributed by atoms with van der Waals surface area (Å²) < 4.78 is 70.8. The Morgan fingerprint density at radius 3 is 2.45 bits per heavy atom. The summed E-state index contributed by atoms with van der Waals surface area (Å²) >= 11 is 6.41. The molecule has 29 heavy (non-hydrogen) atoms. The lowest BCUT2D eigenvalue weighted by Crippen LogP contribution is -2.34. The van der Waals surface area contributed by atoms with E-state index in [0.717, 1.165) is 15.3 Å². The average molecular weight is 452 g/mol. The first-order valence-electron chi connectivity index (χ1n) is 8.40. The number of fused-ring (bicyclic) bond motifs is 1. The first-order chi connectivity index (χ1) is 13.5. The Morgan fingerprint density at radius 1 is 1.28 bits per heavy atom. The van der Waals surface area contributed by atoms with Crippen LogP contribution >= 0.6 is 23.5 Å². The molecule has 0 saturated carbocycles. The topological polar surface area (TPSA) is 36.4 Å². The molecular weight excluding hydrogens is 437 g/mol. The van der Waals surface area contributed by atoms with Gasteiger partial charge in [0.05, 0.1) is 5.56 Å². The molecule has 11 heteroatoms. The maximum absolute atomic E-state index is 14.2. The Hall–Kier alpha value is -1.91. The van der Waals surface area contributed by atoms with E-state index in [2.05, 4.69) is 4.98 Å². The maximum atomic E-state index is 14.2. The number of aromatic nitrogens is 1. The number of carbonyl (C=O) groups is 1. The number of carbonyl (C=O) groups excluding carboxylic acids is 1. The van der Waals surface area contributed by atoms with Gasteiger partial charge in [-0.15, -0.1) is 0 Å². The van der Waals surface area contributed by atoms with Crippen molar-refractivity contribution in [3.05, 3.63) is 52.7 Å². The first-order valence-corrected chi connectivity index (χ1v) is 9.55. The maximum Gasteiger partial charge on any atom is 0.408 e. The Kier molecular flexibility index (Phi) is 5.81. The predicted octanol–water partition coefficient (Wildman–Crippen LogP) is 5.44. The minimum Gasteiger partial charge on any atom is -0.294 e. The van der Waals surface area contributed by atoms with Crippen LogP contribution in [0.5, 0.6) is 0 Å². The number of likely N-dealkylation sites (N-methyl/N-ethyl adjacent to an activating group) is 1. The quantitative estimate of drug-likeness (QED) is 0.448. The van der Waals surface area contributed by atoms with Crippen molar-refractivity contribution in [3.8, 4) is 0 Å². The van der Waals surface area contributed by atoms with Crippen LogP contribution in [0.4, 0.5) is 27.8 Å². The predicted molar refractivity (Wildman–Crippen MR) is 100 cm³/mol. The number of hydrogen-bond acceptors (Lipinski definition) is 4.